The SMILES string of the molecule is COCC(=O)N1CCC(Oc2ccccc2C(=O)NCc2ccc(F)cc2)CC1. The van der Waals surface area contributed by atoms with Crippen molar-refractivity contribution in [1.82, 2.24) is 10.2 Å². The molecule has 7 heteroatoms. The minimum absolute atomic E-state index is 0.0217. The highest BCUT2D eigenvalue weighted by Gasteiger charge is 2.25. The van der Waals surface area contributed by atoms with Gasteiger partial charge in [-0.2, -0.15) is 0 Å². The summed E-state index contributed by atoms with van der Waals surface area (Å²) < 4.78 is 24.0. The summed E-state index contributed by atoms with van der Waals surface area (Å²) in [6, 6.07) is 13.1. The van der Waals surface area contributed by atoms with Gasteiger partial charge in [0.1, 0.15) is 24.3 Å². The Morgan fingerprint density at radius 2 is 1.79 bits per heavy atom. The summed E-state index contributed by atoms with van der Waals surface area (Å²) in [5.41, 5.74) is 1.26. The van der Waals surface area contributed by atoms with Crippen LogP contribution in [-0.2, 0) is 16.1 Å². The molecule has 0 aromatic heterocycles. The smallest absolute Gasteiger partial charge is 0.255 e. The molecule has 2 aromatic rings. The van der Waals surface area contributed by atoms with E-state index in [-0.39, 0.29) is 30.3 Å². The number of piperidine rings is 1. The minimum atomic E-state index is -0.311. The molecule has 2 amide bonds. The number of nitrogens with one attached hydrogen (secondary N) is 1. The number of para-hydroxylation sites is 1. The van der Waals surface area contributed by atoms with E-state index in [4.69, 9.17) is 9.47 Å². The number of hydrogen-bond donors (Lipinski definition) is 1. The molecule has 1 saturated heterocycles. The molecule has 6 nitrogen and oxygen atoms in total. The number of methoxy groups -OCH3 is 1. The van der Waals surface area contributed by atoms with E-state index in [1.165, 1.54) is 19.2 Å². The molecule has 0 spiro atoms. The number of hydrogen-bond acceptors (Lipinski definition) is 4. The molecule has 1 aliphatic heterocycles. The van der Waals surface area contributed by atoms with Gasteiger partial charge in [0.15, 0.2) is 0 Å². The van der Waals surface area contributed by atoms with Crippen LogP contribution in [0.25, 0.3) is 0 Å². The van der Waals surface area contributed by atoms with Gasteiger partial charge in [-0.15, -0.1) is 0 Å². The molecule has 2 aromatic carbocycles. The van der Waals surface area contributed by atoms with Crippen molar-refractivity contribution in [2.75, 3.05) is 26.8 Å². The van der Waals surface area contributed by atoms with Crippen molar-refractivity contribution < 1.29 is 23.5 Å². The van der Waals surface area contributed by atoms with Crippen LogP contribution in [0.15, 0.2) is 48.5 Å². The third-order valence-electron chi connectivity index (χ3n) is 4.85. The number of rotatable bonds is 7. The molecule has 0 radical (unpaired) electrons. The van der Waals surface area contributed by atoms with Crippen LogP contribution in [0.3, 0.4) is 0 Å². The lowest BCUT2D eigenvalue weighted by Crippen LogP contribution is -2.43. The molecule has 3 rings (SSSR count). The lowest BCUT2D eigenvalue weighted by Gasteiger charge is -2.32. The molecule has 1 aliphatic rings. The first kappa shape index (κ1) is 20.8. The zero-order valence-corrected chi connectivity index (χ0v) is 16.4. The summed E-state index contributed by atoms with van der Waals surface area (Å²) in [5, 5.41) is 2.84. The normalized spacial score (nSPS) is 14.5. The van der Waals surface area contributed by atoms with Crippen LogP contribution < -0.4 is 10.1 Å². The van der Waals surface area contributed by atoms with Crippen LogP contribution in [0.2, 0.25) is 0 Å². The van der Waals surface area contributed by atoms with E-state index in [0.717, 1.165) is 5.56 Å². The maximum absolute atomic E-state index is 13.0. The van der Waals surface area contributed by atoms with Crippen LogP contribution in [-0.4, -0.2) is 49.6 Å². The predicted molar refractivity (Wildman–Crippen MR) is 106 cm³/mol. The molecule has 0 aliphatic carbocycles. The summed E-state index contributed by atoms with van der Waals surface area (Å²) in [6.45, 7) is 1.59. The van der Waals surface area contributed by atoms with Crippen LogP contribution in [0.4, 0.5) is 4.39 Å². The third-order valence-corrected chi connectivity index (χ3v) is 4.85. The van der Waals surface area contributed by atoms with Crippen molar-refractivity contribution in [2.45, 2.75) is 25.5 Å². The van der Waals surface area contributed by atoms with Crippen molar-refractivity contribution in [1.29, 1.82) is 0 Å². The number of ether oxygens (including phenoxy) is 2. The van der Waals surface area contributed by atoms with Gasteiger partial charge < -0.3 is 19.7 Å². The minimum Gasteiger partial charge on any atom is -0.489 e. The van der Waals surface area contributed by atoms with E-state index in [1.807, 2.05) is 6.07 Å². The molecule has 1 N–H and O–H groups in total. The number of carbonyl (C=O) groups is 2. The summed E-state index contributed by atoms with van der Waals surface area (Å²) in [5.74, 6) is -0.0660. The first-order valence-corrected chi connectivity index (χ1v) is 9.62. The average molecular weight is 400 g/mol. The fourth-order valence-corrected chi connectivity index (χ4v) is 3.25. The van der Waals surface area contributed by atoms with Crippen molar-refractivity contribution in [2.24, 2.45) is 0 Å². The zero-order chi connectivity index (χ0) is 20.6. The Bertz CT molecular complexity index is 833. The second-order valence-corrected chi connectivity index (χ2v) is 6.94. The van der Waals surface area contributed by atoms with Crippen LogP contribution in [0.5, 0.6) is 5.75 Å². The van der Waals surface area contributed by atoms with E-state index < -0.39 is 0 Å². The topological polar surface area (TPSA) is 67.9 Å². The standard InChI is InChI=1S/C22H25FN2O4/c1-28-15-21(26)25-12-10-18(11-13-25)29-20-5-3-2-4-19(20)22(27)24-14-16-6-8-17(23)9-7-16/h2-9,18H,10-15H2,1H3,(H,24,27). The summed E-state index contributed by atoms with van der Waals surface area (Å²) in [7, 11) is 1.51. The van der Waals surface area contributed by atoms with Gasteiger partial charge in [0, 0.05) is 39.6 Å². The Balaban J connectivity index is 1.57. The number of carbonyl (C=O) groups excluding carboxylic acids is 2. The molecule has 0 saturated carbocycles. The maximum atomic E-state index is 13.0. The highest BCUT2D eigenvalue weighted by molar-refractivity contribution is 5.96. The van der Waals surface area contributed by atoms with Crippen LogP contribution in [0, 0.1) is 5.82 Å². The first-order valence-electron chi connectivity index (χ1n) is 9.62. The second-order valence-electron chi connectivity index (χ2n) is 6.94. The highest BCUT2D eigenvalue weighted by atomic mass is 19.1. The van der Waals surface area contributed by atoms with Gasteiger partial charge in [-0.25, -0.2) is 4.39 Å². The Morgan fingerprint density at radius 1 is 1.10 bits per heavy atom. The summed E-state index contributed by atoms with van der Waals surface area (Å²) >= 11 is 0. The zero-order valence-electron chi connectivity index (χ0n) is 16.4. The predicted octanol–water partition coefficient (Wildman–Crippen LogP) is 2.77. The Morgan fingerprint density at radius 3 is 2.48 bits per heavy atom. The fourth-order valence-electron chi connectivity index (χ4n) is 3.25. The van der Waals surface area contributed by atoms with E-state index in [0.29, 0.717) is 43.8 Å². The third kappa shape index (κ3) is 5.77. The lowest BCUT2D eigenvalue weighted by molar-refractivity contribution is -0.136. The molecule has 0 unspecified atom stereocenters. The Labute approximate surface area is 169 Å². The molecule has 29 heavy (non-hydrogen) atoms. The number of amides is 2. The highest BCUT2D eigenvalue weighted by Crippen LogP contribution is 2.23. The van der Waals surface area contributed by atoms with Crippen molar-refractivity contribution in [3.63, 3.8) is 0 Å². The molecular weight excluding hydrogens is 375 g/mol. The number of benzene rings is 2. The van der Waals surface area contributed by atoms with E-state index >= 15 is 0 Å². The van der Waals surface area contributed by atoms with Gasteiger partial charge in [0.2, 0.25) is 5.91 Å². The van der Waals surface area contributed by atoms with Crippen molar-refractivity contribution >= 4 is 11.8 Å². The molecule has 0 bridgehead atoms. The number of nitrogens with zero attached hydrogens (tertiary/aromatic N) is 1. The first-order chi connectivity index (χ1) is 14.1. The summed E-state index contributed by atoms with van der Waals surface area (Å²) in [6.07, 6.45) is 1.33. The van der Waals surface area contributed by atoms with Gasteiger partial charge in [-0.1, -0.05) is 24.3 Å². The quantitative estimate of drug-likeness (QED) is 0.776. The van der Waals surface area contributed by atoms with Gasteiger partial charge in [-0.05, 0) is 29.8 Å². The van der Waals surface area contributed by atoms with Gasteiger partial charge in [0.25, 0.3) is 5.91 Å². The maximum Gasteiger partial charge on any atom is 0.255 e. The average Bonchev–Trinajstić information content (AvgIpc) is 2.74. The number of likely N-dealkylation sites (tertiary alicyclic amines) is 1. The molecule has 1 heterocycles. The molecule has 1 fully saturated rings. The monoisotopic (exact) mass is 400 g/mol. The van der Waals surface area contributed by atoms with E-state index in [2.05, 4.69) is 5.32 Å². The summed E-state index contributed by atoms with van der Waals surface area (Å²) in [4.78, 5) is 26.3. The largest absolute Gasteiger partial charge is 0.489 e. The van der Waals surface area contributed by atoms with E-state index in [9.17, 15) is 14.0 Å². The Kier molecular flexibility index (Phi) is 7.19. The van der Waals surface area contributed by atoms with Gasteiger partial charge >= 0.3 is 0 Å². The van der Waals surface area contributed by atoms with Crippen molar-refractivity contribution in [3.05, 3.63) is 65.5 Å². The van der Waals surface area contributed by atoms with Crippen LogP contribution >= 0.6 is 0 Å². The van der Waals surface area contributed by atoms with E-state index in [1.54, 1.807) is 35.2 Å². The second kappa shape index (κ2) is 10.0. The van der Waals surface area contributed by atoms with Crippen molar-refractivity contribution in [3.8, 4) is 5.75 Å². The fraction of sp³-hybridized carbons (Fsp3) is 0.364. The number of halogens is 1. The molecule has 154 valence electrons. The van der Waals surface area contributed by atoms with Gasteiger partial charge in [-0.3, -0.25) is 9.59 Å². The van der Waals surface area contributed by atoms with Crippen LogP contribution in [0.1, 0.15) is 28.8 Å². The van der Waals surface area contributed by atoms with Gasteiger partial charge in [0.05, 0.1) is 5.56 Å². The molecule has 0 atom stereocenters. The molecular formula is C22H25FN2O4. The lowest BCUT2D eigenvalue weighted by atomic mass is 10.1. The Hall–Kier alpha value is -2.93.